The summed E-state index contributed by atoms with van der Waals surface area (Å²) in [5.41, 5.74) is 2.74. The van der Waals surface area contributed by atoms with Crippen molar-refractivity contribution in [3.8, 4) is 0 Å². The van der Waals surface area contributed by atoms with Gasteiger partial charge in [0.05, 0.1) is 6.04 Å². The molecular weight excluding hydrogens is 348 g/mol. The van der Waals surface area contributed by atoms with E-state index < -0.39 is 0 Å². The van der Waals surface area contributed by atoms with Crippen LogP contribution in [-0.4, -0.2) is 24.9 Å². The summed E-state index contributed by atoms with van der Waals surface area (Å²) in [5, 5.41) is 0. The number of carbonyl (C=O) groups excluding carboxylic acids is 1. The molecule has 2 aromatic rings. The van der Waals surface area contributed by atoms with Gasteiger partial charge in [0.2, 0.25) is 0 Å². The van der Waals surface area contributed by atoms with Crippen molar-refractivity contribution >= 4 is 34.7 Å². The molecular formula is C16H17BrN2OS. The third-order valence-corrected chi connectivity index (χ3v) is 3.94. The Balaban J connectivity index is 2.39. The second kappa shape index (κ2) is 7.11. The lowest BCUT2D eigenvalue weighted by Gasteiger charge is -2.18. The van der Waals surface area contributed by atoms with Gasteiger partial charge in [-0.25, -0.2) is 0 Å². The second-order valence-electron chi connectivity index (χ2n) is 4.94. The van der Waals surface area contributed by atoms with Gasteiger partial charge in [-0.1, -0.05) is 53.0 Å². The van der Waals surface area contributed by atoms with E-state index in [9.17, 15) is 4.79 Å². The number of hydrogen-bond donors (Lipinski definition) is 2. The molecule has 1 amide bonds. The average molecular weight is 365 g/mol. The predicted molar refractivity (Wildman–Crippen MR) is 92.6 cm³/mol. The maximum absolute atomic E-state index is 12.1. The number of carbonyl (C=O) groups is 1. The summed E-state index contributed by atoms with van der Waals surface area (Å²) in [6, 6.07) is 15.5. The number of amides is 1. The zero-order chi connectivity index (χ0) is 15.4. The van der Waals surface area contributed by atoms with Gasteiger partial charge >= 0.3 is 0 Å². The van der Waals surface area contributed by atoms with Gasteiger partial charge in [0.15, 0.2) is 0 Å². The maximum atomic E-state index is 12.1. The summed E-state index contributed by atoms with van der Waals surface area (Å²) < 4.78 is 4.01. The Morgan fingerprint density at radius 3 is 2.33 bits per heavy atom. The fourth-order valence-corrected chi connectivity index (χ4v) is 2.85. The molecule has 0 saturated carbocycles. The highest BCUT2D eigenvalue weighted by Gasteiger charge is 2.15. The molecule has 0 aromatic heterocycles. The highest BCUT2D eigenvalue weighted by atomic mass is 79.9. The molecule has 1 atom stereocenters. The van der Waals surface area contributed by atoms with E-state index in [1.165, 1.54) is 0 Å². The molecule has 21 heavy (non-hydrogen) atoms. The van der Waals surface area contributed by atoms with Gasteiger partial charge in [0.25, 0.3) is 5.91 Å². The van der Waals surface area contributed by atoms with E-state index in [1.54, 1.807) is 19.0 Å². The maximum Gasteiger partial charge on any atom is 0.253 e. The van der Waals surface area contributed by atoms with Crippen LogP contribution in [0.2, 0.25) is 0 Å². The Labute approximate surface area is 139 Å². The quantitative estimate of drug-likeness (QED) is 0.811. The number of benzene rings is 2. The highest BCUT2D eigenvalue weighted by Crippen LogP contribution is 2.26. The molecule has 0 saturated heterocycles. The molecule has 1 N–H and O–H groups in total. The summed E-state index contributed by atoms with van der Waals surface area (Å²) in [4.78, 5) is 13.6. The molecule has 3 nitrogen and oxygen atoms in total. The lowest BCUT2D eigenvalue weighted by Crippen LogP contribution is -2.22. The fourth-order valence-electron chi connectivity index (χ4n) is 2.14. The van der Waals surface area contributed by atoms with Crippen molar-refractivity contribution in [1.29, 1.82) is 0 Å². The first-order valence-electron chi connectivity index (χ1n) is 6.49. The predicted octanol–water partition coefficient (Wildman–Crippen LogP) is 3.67. The second-order valence-corrected chi connectivity index (χ2v) is 6.12. The van der Waals surface area contributed by atoms with Crippen molar-refractivity contribution in [2.24, 2.45) is 0 Å². The van der Waals surface area contributed by atoms with Gasteiger partial charge in [0.1, 0.15) is 0 Å². The van der Waals surface area contributed by atoms with Crippen LogP contribution in [0.5, 0.6) is 0 Å². The number of rotatable bonds is 4. The summed E-state index contributed by atoms with van der Waals surface area (Å²) in [7, 11) is 3.50. The van der Waals surface area contributed by atoms with E-state index >= 15 is 0 Å². The summed E-state index contributed by atoms with van der Waals surface area (Å²) >= 11 is 7.71. The average Bonchev–Trinajstić information content (AvgIpc) is 2.47. The van der Waals surface area contributed by atoms with Crippen LogP contribution in [0.4, 0.5) is 0 Å². The summed E-state index contributed by atoms with van der Waals surface area (Å²) in [6.07, 6.45) is 0. The van der Waals surface area contributed by atoms with Crippen LogP contribution in [0.25, 0.3) is 0 Å². The summed E-state index contributed by atoms with van der Waals surface area (Å²) in [6.45, 7) is 0. The van der Waals surface area contributed by atoms with Gasteiger partial charge in [-0.2, -0.15) is 0 Å². The number of thiol groups is 1. The Hall–Kier alpha value is -1.30. The van der Waals surface area contributed by atoms with Crippen molar-refractivity contribution in [1.82, 2.24) is 9.62 Å². The van der Waals surface area contributed by atoms with Crippen molar-refractivity contribution in [3.05, 3.63) is 69.7 Å². The first kappa shape index (κ1) is 16.1. The normalized spacial score (nSPS) is 12.0. The number of nitrogens with zero attached hydrogens (tertiary/aromatic N) is 1. The van der Waals surface area contributed by atoms with Crippen molar-refractivity contribution < 1.29 is 4.79 Å². The zero-order valence-corrected chi connectivity index (χ0v) is 14.4. The number of nitrogens with one attached hydrogen (secondary N) is 1. The molecule has 0 fully saturated rings. The van der Waals surface area contributed by atoms with E-state index in [-0.39, 0.29) is 11.9 Å². The van der Waals surface area contributed by atoms with Crippen LogP contribution >= 0.6 is 28.7 Å². The molecule has 2 aromatic carbocycles. The fraction of sp³-hybridized carbons (Fsp3) is 0.188. The van der Waals surface area contributed by atoms with E-state index in [1.807, 2.05) is 48.5 Å². The molecule has 0 radical (unpaired) electrons. The van der Waals surface area contributed by atoms with Crippen LogP contribution in [0.15, 0.2) is 53.0 Å². The molecule has 0 aliphatic heterocycles. The Bertz CT molecular complexity index is 646. The SMILES string of the molecule is CN(C)C(=O)c1cccc(C(NS)c2cccc(Br)c2)c1. The number of halogens is 1. The van der Waals surface area contributed by atoms with E-state index in [2.05, 4.69) is 33.5 Å². The minimum Gasteiger partial charge on any atom is -0.345 e. The molecule has 0 bridgehead atoms. The minimum absolute atomic E-state index is 0.0102. The van der Waals surface area contributed by atoms with Gasteiger partial charge < -0.3 is 4.90 Å². The van der Waals surface area contributed by atoms with E-state index in [4.69, 9.17) is 0 Å². The molecule has 110 valence electrons. The minimum atomic E-state index is -0.0826. The van der Waals surface area contributed by atoms with Crippen LogP contribution < -0.4 is 4.72 Å². The van der Waals surface area contributed by atoms with Gasteiger partial charge in [-0.15, -0.1) is 0 Å². The third kappa shape index (κ3) is 3.87. The van der Waals surface area contributed by atoms with E-state index in [0.717, 1.165) is 15.6 Å². The smallest absolute Gasteiger partial charge is 0.253 e. The Morgan fingerprint density at radius 1 is 1.14 bits per heavy atom. The Kier molecular flexibility index (Phi) is 5.45. The zero-order valence-electron chi connectivity index (χ0n) is 11.9. The van der Waals surface area contributed by atoms with Crippen molar-refractivity contribution in [2.75, 3.05) is 14.1 Å². The third-order valence-electron chi connectivity index (χ3n) is 3.18. The number of hydrogen-bond acceptors (Lipinski definition) is 3. The van der Waals surface area contributed by atoms with Crippen LogP contribution in [0, 0.1) is 0 Å². The standard InChI is InChI=1S/C16H17BrN2OS/c1-19(2)16(20)13-7-3-5-11(9-13)15(18-21)12-6-4-8-14(17)10-12/h3-10,15,18,21H,1-2H3. The highest BCUT2D eigenvalue weighted by molar-refractivity contribution is 9.10. The summed E-state index contributed by atoms with van der Waals surface area (Å²) in [5.74, 6) is -0.0102. The van der Waals surface area contributed by atoms with Crippen LogP contribution in [0.3, 0.4) is 0 Å². The monoisotopic (exact) mass is 364 g/mol. The lowest BCUT2D eigenvalue weighted by atomic mass is 9.98. The molecule has 0 aliphatic rings. The molecule has 2 rings (SSSR count). The lowest BCUT2D eigenvalue weighted by molar-refractivity contribution is 0.0827. The van der Waals surface area contributed by atoms with Gasteiger partial charge in [-0.3, -0.25) is 9.52 Å². The van der Waals surface area contributed by atoms with Gasteiger partial charge in [0, 0.05) is 24.1 Å². The van der Waals surface area contributed by atoms with Crippen molar-refractivity contribution in [3.63, 3.8) is 0 Å². The topological polar surface area (TPSA) is 32.3 Å². The van der Waals surface area contributed by atoms with Crippen molar-refractivity contribution in [2.45, 2.75) is 6.04 Å². The molecule has 5 heteroatoms. The first-order valence-corrected chi connectivity index (χ1v) is 7.73. The van der Waals surface area contributed by atoms with E-state index in [0.29, 0.717) is 5.56 Å². The molecule has 1 unspecified atom stereocenters. The van der Waals surface area contributed by atoms with Crippen LogP contribution in [0.1, 0.15) is 27.5 Å². The Morgan fingerprint density at radius 2 is 1.76 bits per heavy atom. The van der Waals surface area contributed by atoms with Gasteiger partial charge in [-0.05, 0) is 35.4 Å². The molecule has 0 spiro atoms. The first-order chi connectivity index (χ1) is 10.0. The van der Waals surface area contributed by atoms with Crippen LogP contribution in [-0.2, 0) is 0 Å². The largest absolute Gasteiger partial charge is 0.345 e. The molecule has 0 aliphatic carbocycles. The molecule has 0 heterocycles.